The highest BCUT2D eigenvalue weighted by molar-refractivity contribution is 5.96. The first-order chi connectivity index (χ1) is 8.93. The third-order valence-corrected chi connectivity index (χ3v) is 3.01. The number of rotatable bonds is 3. The first kappa shape index (κ1) is 12.8. The van der Waals surface area contributed by atoms with E-state index in [-0.39, 0.29) is 5.69 Å². The standard InChI is InChI=1S/C13H13N3O3/c1-7(11(14)17)16-10(12(15)18)6-8-4-2-3-5-9(8)13(16)19/h2-7H,1H3,(H2,14,17)(H2,15,18)/t7-/m1/s1. The zero-order chi connectivity index (χ0) is 14.2. The molecule has 0 unspecified atom stereocenters. The Morgan fingerprint density at radius 1 is 1.21 bits per heavy atom. The molecule has 0 aliphatic heterocycles. The fourth-order valence-corrected chi connectivity index (χ4v) is 1.98. The molecule has 0 spiro atoms. The van der Waals surface area contributed by atoms with E-state index < -0.39 is 23.4 Å². The van der Waals surface area contributed by atoms with Gasteiger partial charge in [-0.15, -0.1) is 0 Å². The van der Waals surface area contributed by atoms with E-state index in [9.17, 15) is 14.4 Å². The van der Waals surface area contributed by atoms with Crippen LogP contribution in [0.25, 0.3) is 10.8 Å². The van der Waals surface area contributed by atoms with E-state index in [4.69, 9.17) is 11.5 Å². The van der Waals surface area contributed by atoms with Crippen LogP contribution < -0.4 is 17.0 Å². The van der Waals surface area contributed by atoms with Gasteiger partial charge in [-0.2, -0.15) is 0 Å². The highest BCUT2D eigenvalue weighted by Gasteiger charge is 2.20. The lowest BCUT2D eigenvalue weighted by Gasteiger charge is -2.16. The molecule has 0 aliphatic carbocycles. The van der Waals surface area contributed by atoms with Crippen molar-refractivity contribution < 1.29 is 9.59 Å². The molecule has 4 N–H and O–H groups in total. The van der Waals surface area contributed by atoms with Crippen LogP contribution in [-0.2, 0) is 4.79 Å². The molecule has 0 aliphatic rings. The predicted octanol–water partition coefficient (Wildman–Crippen LogP) is 0.147. The molecule has 98 valence electrons. The van der Waals surface area contributed by atoms with E-state index in [0.717, 1.165) is 4.57 Å². The van der Waals surface area contributed by atoms with Gasteiger partial charge in [-0.3, -0.25) is 19.0 Å². The van der Waals surface area contributed by atoms with Crippen molar-refractivity contribution >= 4 is 22.6 Å². The number of hydrogen-bond acceptors (Lipinski definition) is 3. The molecule has 0 saturated carbocycles. The van der Waals surface area contributed by atoms with Crippen molar-refractivity contribution in [3.8, 4) is 0 Å². The summed E-state index contributed by atoms with van der Waals surface area (Å²) in [6, 6.07) is 7.30. The highest BCUT2D eigenvalue weighted by Crippen LogP contribution is 2.15. The number of hydrogen-bond donors (Lipinski definition) is 2. The van der Waals surface area contributed by atoms with Crippen LogP contribution >= 0.6 is 0 Å². The molecule has 2 aromatic rings. The average molecular weight is 259 g/mol. The van der Waals surface area contributed by atoms with Gasteiger partial charge in [-0.05, 0) is 24.4 Å². The van der Waals surface area contributed by atoms with Gasteiger partial charge in [0.05, 0.1) is 0 Å². The molecule has 0 bridgehead atoms. The monoisotopic (exact) mass is 259 g/mol. The van der Waals surface area contributed by atoms with E-state index in [0.29, 0.717) is 10.8 Å². The summed E-state index contributed by atoms with van der Waals surface area (Å²) in [6.07, 6.45) is 0. The van der Waals surface area contributed by atoms with Crippen LogP contribution in [0.5, 0.6) is 0 Å². The summed E-state index contributed by atoms with van der Waals surface area (Å²) in [6.45, 7) is 1.45. The third kappa shape index (κ3) is 2.08. The molecule has 6 nitrogen and oxygen atoms in total. The summed E-state index contributed by atoms with van der Waals surface area (Å²) < 4.78 is 1.03. The Kier molecular flexibility index (Phi) is 3.08. The number of nitrogens with zero attached hydrogens (tertiary/aromatic N) is 1. The number of amides is 2. The smallest absolute Gasteiger partial charge is 0.265 e. The van der Waals surface area contributed by atoms with Crippen molar-refractivity contribution in [3.63, 3.8) is 0 Å². The third-order valence-electron chi connectivity index (χ3n) is 3.01. The van der Waals surface area contributed by atoms with Crippen molar-refractivity contribution in [2.24, 2.45) is 11.5 Å². The van der Waals surface area contributed by atoms with Crippen LogP contribution in [-0.4, -0.2) is 16.4 Å². The van der Waals surface area contributed by atoms with Gasteiger partial charge in [0.15, 0.2) is 0 Å². The van der Waals surface area contributed by atoms with Crippen LogP contribution in [0.3, 0.4) is 0 Å². The van der Waals surface area contributed by atoms with Crippen LogP contribution in [0.15, 0.2) is 35.1 Å². The maximum absolute atomic E-state index is 12.3. The normalized spacial score (nSPS) is 12.3. The number of fused-ring (bicyclic) bond motifs is 1. The summed E-state index contributed by atoms with van der Waals surface area (Å²) in [4.78, 5) is 35.1. The lowest BCUT2D eigenvalue weighted by molar-refractivity contribution is -0.120. The number of carbonyl (C=O) groups excluding carboxylic acids is 2. The van der Waals surface area contributed by atoms with Gasteiger partial charge < -0.3 is 11.5 Å². The molecule has 1 atom stereocenters. The van der Waals surface area contributed by atoms with Crippen molar-refractivity contribution in [3.05, 3.63) is 46.4 Å². The second-order valence-corrected chi connectivity index (χ2v) is 4.23. The Morgan fingerprint density at radius 3 is 2.42 bits per heavy atom. The van der Waals surface area contributed by atoms with Gasteiger partial charge >= 0.3 is 0 Å². The van der Waals surface area contributed by atoms with Gasteiger partial charge in [0.2, 0.25) is 5.91 Å². The quantitative estimate of drug-likeness (QED) is 0.818. The van der Waals surface area contributed by atoms with Crippen molar-refractivity contribution in [1.82, 2.24) is 4.57 Å². The Hall–Kier alpha value is -2.63. The zero-order valence-electron chi connectivity index (χ0n) is 10.3. The summed E-state index contributed by atoms with van der Waals surface area (Å²) in [5, 5.41) is 0.995. The molecular formula is C13H13N3O3. The van der Waals surface area contributed by atoms with E-state index in [1.165, 1.54) is 13.0 Å². The van der Waals surface area contributed by atoms with Crippen molar-refractivity contribution in [2.45, 2.75) is 13.0 Å². The van der Waals surface area contributed by atoms with Crippen LogP contribution in [0.1, 0.15) is 23.5 Å². The Bertz CT molecular complexity index is 733. The molecule has 2 amide bonds. The first-order valence-corrected chi connectivity index (χ1v) is 5.67. The van der Waals surface area contributed by atoms with E-state index in [2.05, 4.69) is 0 Å². The molecule has 2 rings (SSSR count). The lowest BCUT2D eigenvalue weighted by atomic mass is 10.1. The summed E-state index contributed by atoms with van der Waals surface area (Å²) in [7, 11) is 0. The number of nitrogens with two attached hydrogens (primary N) is 2. The molecule has 0 saturated heterocycles. The van der Waals surface area contributed by atoms with Crippen LogP contribution in [0.4, 0.5) is 0 Å². The summed E-state index contributed by atoms with van der Waals surface area (Å²) in [5.41, 5.74) is 9.97. The Labute approximate surface area is 108 Å². The summed E-state index contributed by atoms with van der Waals surface area (Å²) in [5.74, 6) is -1.49. The largest absolute Gasteiger partial charge is 0.368 e. The predicted molar refractivity (Wildman–Crippen MR) is 70.6 cm³/mol. The molecular weight excluding hydrogens is 246 g/mol. The fourth-order valence-electron chi connectivity index (χ4n) is 1.98. The molecule has 0 radical (unpaired) electrons. The van der Waals surface area contributed by atoms with Crippen LogP contribution in [0, 0.1) is 0 Å². The Balaban J connectivity index is 2.90. The second-order valence-electron chi connectivity index (χ2n) is 4.23. The second kappa shape index (κ2) is 4.56. The average Bonchev–Trinajstić information content (AvgIpc) is 2.37. The molecule has 19 heavy (non-hydrogen) atoms. The minimum absolute atomic E-state index is 0.0324. The first-order valence-electron chi connectivity index (χ1n) is 5.67. The highest BCUT2D eigenvalue weighted by atomic mass is 16.2. The minimum atomic E-state index is -0.945. The molecule has 1 aromatic heterocycles. The topological polar surface area (TPSA) is 108 Å². The summed E-state index contributed by atoms with van der Waals surface area (Å²) >= 11 is 0. The number of primary amides is 2. The van der Waals surface area contributed by atoms with E-state index >= 15 is 0 Å². The maximum atomic E-state index is 12.3. The van der Waals surface area contributed by atoms with Crippen molar-refractivity contribution in [2.75, 3.05) is 0 Å². The molecule has 6 heteroatoms. The molecule has 1 heterocycles. The van der Waals surface area contributed by atoms with Gasteiger partial charge in [0.25, 0.3) is 11.5 Å². The minimum Gasteiger partial charge on any atom is -0.368 e. The van der Waals surface area contributed by atoms with Gasteiger partial charge in [0, 0.05) is 5.39 Å². The fraction of sp³-hybridized carbons (Fsp3) is 0.154. The van der Waals surface area contributed by atoms with Gasteiger partial charge in [-0.1, -0.05) is 18.2 Å². The molecule has 1 aromatic carbocycles. The molecule has 0 fully saturated rings. The van der Waals surface area contributed by atoms with Gasteiger partial charge in [0.1, 0.15) is 11.7 Å². The van der Waals surface area contributed by atoms with Crippen molar-refractivity contribution in [1.29, 1.82) is 0 Å². The van der Waals surface area contributed by atoms with Gasteiger partial charge in [-0.25, -0.2) is 0 Å². The maximum Gasteiger partial charge on any atom is 0.265 e. The number of pyridine rings is 1. The van der Waals surface area contributed by atoms with E-state index in [1.54, 1.807) is 24.3 Å². The van der Waals surface area contributed by atoms with Crippen LogP contribution in [0.2, 0.25) is 0 Å². The lowest BCUT2D eigenvalue weighted by Crippen LogP contribution is -2.36. The number of carbonyl (C=O) groups is 2. The SMILES string of the molecule is C[C@H](C(N)=O)n1c(C(N)=O)cc2ccccc2c1=O. The number of benzene rings is 1. The zero-order valence-corrected chi connectivity index (χ0v) is 10.3. The Morgan fingerprint density at radius 2 is 1.84 bits per heavy atom. The number of aromatic nitrogens is 1. The van der Waals surface area contributed by atoms with E-state index in [1.807, 2.05) is 0 Å².